The maximum Gasteiger partial charge on any atom is 0.306 e. The van der Waals surface area contributed by atoms with Gasteiger partial charge in [-0.15, -0.1) is 0 Å². The molecule has 2 rings (SSSR count). The third-order valence-corrected chi connectivity index (χ3v) is 5.39. The molecule has 0 radical (unpaired) electrons. The third kappa shape index (κ3) is 4.12. The van der Waals surface area contributed by atoms with Gasteiger partial charge in [-0.3, -0.25) is 4.79 Å². The Morgan fingerprint density at radius 1 is 1.18 bits per heavy atom. The van der Waals surface area contributed by atoms with E-state index in [1.54, 1.807) is 6.92 Å². The maximum absolute atomic E-state index is 11.1. The Balaban J connectivity index is 2.09. The summed E-state index contributed by atoms with van der Waals surface area (Å²) in [5, 5.41) is 9.17. The molecule has 2 nitrogen and oxygen atoms in total. The van der Waals surface area contributed by atoms with Crippen molar-refractivity contribution in [3.63, 3.8) is 0 Å². The molecule has 0 amide bonds. The molecule has 2 heteroatoms. The minimum absolute atomic E-state index is 0.313. The first kappa shape index (κ1) is 17.1. The van der Waals surface area contributed by atoms with Gasteiger partial charge in [-0.05, 0) is 60.5 Å². The van der Waals surface area contributed by atoms with Crippen LogP contribution in [0.15, 0.2) is 24.3 Å². The SMILES string of the molecule is CC(Cc1ccccc1C1CCC(C(C)(C)C)CC1)C(=O)O. The van der Waals surface area contributed by atoms with Crippen LogP contribution in [-0.2, 0) is 11.2 Å². The van der Waals surface area contributed by atoms with Crippen LogP contribution in [0.3, 0.4) is 0 Å². The molecule has 1 N–H and O–H groups in total. The number of hydrogen-bond donors (Lipinski definition) is 1. The van der Waals surface area contributed by atoms with Crippen molar-refractivity contribution in [1.29, 1.82) is 0 Å². The lowest BCUT2D eigenvalue weighted by Gasteiger charge is -2.37. The van der Waals surface area contributed by atoms with Crippen LogP contribution in [0.25, 0.3) is 0 Å². The van der Waals surface area contributed by atoms with Crippen molar-refractivity contribution in [1.82, 2.24) is 0 Å². The van der Waals surface area contributed by atoms with Gasteiger partial charge in [-0.25, -0.2) is 0 Å². The van der Waals surface area contributed by atoms with Crippen LogP contribution in [0.1, 0.15) is 70.4 Å². The summed E-state index contributed by atoms with van der Waals surface area (Å²) in [5.41, 5.74) is 3.03. The molecule has 1 atom stereocenters. The van der Waals surface area contributed by atoms with Gasteiger partial charge in [0.2, 0.25) is 0 Å². The molecule has 0 heterocycles. The molecular formula is C20H30O2. The summed E-state index contributed by atoms with van der Waals surface area (Å²) in [5.74, 6) is 0.406. The Labute approximate surface area is 134 Å². The molecule has 1 aliphatic rings. The van der Waals surface area contributed by atoms with Crippen molar-refractivity contribution in [3.05, 3.63) is 35.4 Å². The first-order chi connectivity index (χ1) is 10.3. The molecule has 22 heavy (non-hydrogen) atoms. The lowest BCUT2D eigenvalue weighted by Crippen LogP contribution is -2.25. The maximum atomic E-state index is 11.1. The Bertz CT molecular complexity index is 505. The van der Waals surface area contributed by atoms with E-state index in [0.717, 1.165) is 5.92 Å². The van der Waals surface area contributed by atoms with Crippen molar-refractivity contribution < 1.29 is 9.90 Å². The van der Waals surface area contributed by atoms with Gasteiger partial charge in [0.05, 0.1) is 5.92 Å². The largest absolute Gasteiger partial charge is 0.481 e. The van der Waals surface area contributed by atoms with Crippen molar-refractivity contribution in [3.8, 4) is 0 Å². The van der Waals surface area contributed by atoms with Crippen molar-refractivity contribution in [2.24, 2.45) is 17.3 Å². The fourth-order valence-electron chi connectivity index (χ4n) is 3.81. The smallest absolute Gasteiger partial charge is 0.306 e. The summed E-state index contributed by atoms with van der Waals surface area (Å²) in [7, 11) is 0. The van der Waals surface area contributed by atoms with Crippen molar-refractivity contribution in [2.75, 3.05) is 0 Å². The van der Waals surface area contributed by atoms with Gasteiger partial charge in [0.1, 0.15) is 0 Å². The highest BCUT2D eigenvalue weighted by molar-refractivity contribution is 5.70. The number of hydrogen-bond acceptors (Lipinski definition) is 1. The second kappa shape index (κ2) is 6.85. The second-order valence-electron chi connectivity index (χ2n) is 8.06. The molecular weight excluding hydrogens is 272 g/mol. The predicted octanol–water partition coefficient (Wildman–Crippen LogP) is 5.27. The molecule has 0 bridgehead atoms. The fourth-order valence-corrected chi connectivity index (χ4v) is 3.81. The molecule has 1 aromatic rings. The zero-order valence-corrected chi connectivity index (χ0v) is 14.4. The molecule has 1 saturated carbocycles. The summed E-state index contributed by atoms with van der Waals surface area (Å²) in [6.07, 6.45) is 5.69. The van der Waals surface area contributed by atoms with E-state index in [-0.39, 0.29) is 5.92 Å². The van der Waals surface area contributed by atoms with Crippen molar-refractivity contribution >= 4 is 5.97 Å². The molecule has 0 saturated heterocycles. The zero-order valence-electron chi connectivity index (χ0n) is 14.4. The Morgan fingerprint density at radius 3 is 2.32 bits per heavy atom. The van der Waals surface area contributed by atoms with E-state index >= 15 is 0 Å². The number of carbonyl (C=O) groups is 1. The highest BCUT2D eigenvalue weighted by Gasteiger charge is 2.31. The number of carboxylic acid groups (broad SMARTS) is 1. The Hall–Kier alpha value is -1.31. The molecule has 0 aliphatic heterocycles. The van der Waals surface area contributed by atoms with Gasteiger partial charge in [0, 0.05) is 0 Å². The van der Waals surface area contributed by atoms with Gasteiger partial charge in [-0.1, -0.05) is 52.0 Å². The van der Waals surface area contributed by atoms with E-state index in [1.807, 2.05) is 6.07 Å². The normalized spacial score (nSPS) is 24.0. The summed E-state index contributed by atoms with van der Waals surface area (Å²) in [6, 6.07) is 8.46. The van der Waals surface area contributed by atoms with Crippen LogP contribution >= 0.6 is 0 Å². The van der Waals surface area contributed by atoms with Crippen LogP contribution in [0.2, 0.25) is 0 Å². The van der Waals surface area contributed by atoms with E-state index in [9.17, 15) is 4.79 Å². The lowest BCUT2D eigenvalue weighted by atomic mass is 9.68. The molecule has 1 fully saturated rings. The summed E-state index contributed by atoms with van der Waals surface area (Å²) in [6.45, 7) is 8.84. The highest BCUT2D eigenvalue weighted by Crippen LogP contribution is 2.43. The van der Waals surface area contributed by atoms with Crippen LogP contribution in [0.4, 0.5) is 0 Å². The minimum Gasteiger partial charge on any atom is -0.481 e. The second-order valence-corrected chi connectivity index (χ2v) is 8.06. The number of benzene rings is 1. The van der Waals surface area contributed by atoms with E-state index in [1.165, 1.54) is 36.8 Å². The first-order valence-electron chi connectivity index (χ1n) is 8.59. The number of aliphatic carboxylic acids is 1. The summed E-state index contributed by atoms with van der Waals surface area (Å²) >= 11 is 0. The number of carboxylic acids is 1. The Kier molecular flexibility index (Phi) is 5.31. The quantitative estimate of drug-likeness (QED) is 0.822. The average Bonchev–Trinajstić information content (AvgIpc) is 2.47. The number of rotatable bonds is 4. The van der Waals surface area contributed by atoms with E-state index in [2.05, 4.69) is 39.0 Å². The molecule has 0 aromatic heterocycles. The van der Waals surface area contributed by atoms with E-state index in [4.69, 9.17) is 5.11 Å². The van der Waals surface area contributed by atoms with Gasteiger partial charge < -0.3 is 5.11 Å². The molecule has 0 spiro atoms. The van der Waals surface area contributed by atoms with Crippen LogP contribution in [0.5, 0.6) is 0 Å². The molecule has 122 valence electrons. The van der Waals surface area contributed by atoms with Gasteiger partial charge in [-0.2, -0.15) is 0 Å². The fraction of sp³-hybridized carbons (Fsp3) is 0.650. The average molecular weight is 302 g/mol. The molecule has 1 aliphatic carbocycles. The summed E-state index contributed by atoms with van der Waals surface area (Å²) in [4.78, 5) is 11.1. The van der Waals surface area contributed by atoms with Gasteiger partial charge in [0.15, 0.2) is 0 Å². The van der Waals surface area contributed by atoms with Crippen molar-refractivity contribution in [2.45, 2.75) is 65.7 Å². The molecule has 1 unspecified atom stereocenters. The van der Waals surface area contributed by atoms with Gasteiger partial charge >= 0.3 is 5.97 Å². The summed E-state index contributed by atoms with van der Waals surface area (Å²) < 4.78 is 0. The van der Waals surface area contributed by atoms with E-state index in [0.29, 0.717) is 17.8 Å². The van der Waals surface area contributed by atoms with Crippen LogP contribution in [-0.4, -0.2) is 11.1 Å². The predicted molar refractivity (Wildman–Crippen MR) is 91.1 cm³/mol. The monoisotopic (exact) mass is 302 g/mol. The van der Waals surface area contributed by atoms with Crippen LogP contribution in [0, 0.1) is 17.3 Å². The third-order valence-electron chi connectivity index (χ3n) is 5.39. The minimum atomic E-state index is -0.703. The van der Waals surface area contributed by atoms with Gasteiger partial charge in [0.25, 0.3) is 0 Å². The standard InChI is InChI=1S/C20H30O2/c1-14(19(21)22)13-16-7-5-6-8-18(16)15-9-11-17(12-10-15)20(2,3)4/h5-8,14-15,17H,9-13H2,1-4H3,(H,21,22). The molecule has 1 aromatic carbocycles. The highest BCUT2D eigenvalue weighted by atomic mass is 16.4. The van der Waals surface area contributed by atoms with Crippen LogP contribution < -0.4 is 0 Å². The zero-order chi connectivity index (χ0) is 16.3. The Morgan fingerprint density at radius 2 is 1.77 bits per heavy atom. The lowest BCUT2D eigenvalue weighted by molar-refractivity contribution is -0.141. The van der Waals surface area contributed by atoms with E-state index < -0.39 is 5.97 Å². The topological polar surface area (TPSA) is 37.3 Å². The first-order valence-corrected chi connectivity index (χ1v) is 8.59.